The lowest BCUT2D eigenvalue weighted by atomic mass is 10.2. The molecule has 0 spiro atoms. The molecule has 0 saturated carbocycles. The topological polar surface area (TPSA) is 49.8 Å². The third-order valence-corrected chi connectivity index (χ3v) is 3.13. The molecule has 1 heterocycles. The van der Waals surface area contributed by atoms with Gasteiger partial charge >= 0.3 is 6.18 Å². The molecule has 2 N–H and O–H groups in total. The first-order valence-electron chi connectivity index (χ1n) is 5.54. The van der Waals surface area contributed by atoms with E-state index < -0.39 is 11.7 Å². The van der Waals surface area contributed by atoms with Crippen LogP contribution >= 0.6 is 15.9 Å². The van der Waals surface area contributed by atoms with Crippen LogP contribution < -0.4 is 10.6 Å². The van der Waals surface area contributed by atoms with Gasteiger partial charge < -0.3 is 10.6 Å². The largest absolute Gasteiger partial charge is 0.416 e. The Labute approximate surface area is 121 Å². The lowest BCUT2D eigenvalue weighted by Crippen LogP contribution is -2.06. The van der Waals surface area contributed by atoms with Crippen molar-refractivity contribution in [2.75, 3.05) is 17.7 Å². The van der Waals surface area contributed by atoms with Crippen LogP contribution in [0.15, 0.2) is 34.9 Å². The fourth-order valence-corrected chi connectivity index (χ4v) is 1.83. The first kappa shape index (κ1) is 14.6. The maximum atomic E-state index is 12.7. The van der Waals surface area contributed by atoms with Gasteiger partial charge in [-0.15, -0.1) is 0 Å². The summed E-state index contributed by atoms with van der Waals surface area (Å²) in [7, 11) is 1.65. The Bertz CT molecular complexity index is 616. The van der Waals surface area contributed by atoms with E-state index in [9.17, 15) is 13.2 Å². The van der Waals surface area contributed by atoms with E-state index in [1.54, 1.807) is 13.1 Å². The van der Waals surface area contributed by atoms with Gasteiger partial charge in [-0.05, 0) is 40.2 Å². The van der Waals surface area contributed by atoms with E-state index >= 15 is 0 Å². The summed E-state index contributed by atoms with van der Waals surface area (Å²) in [5.74, 6) is 0.766. The molecule has 0 atom stereocenters. The van der Waals surface area contributed by atoms with Crippen LogP contribution in [0.3, 0.4) is 0 Å². The highest BCUT2D eigenvalue weighted by Gasteiger charge is 2.30. The molecule has 0 amide bonds. The number of benzene rings is 1. The first-order valence-corrected chi connectivity index (χ1v) is 6.34. The van der Waals surface area contributed by atoms with Crippen LogP contribution in [0, 0.1) is 0 Å². The van der Waals surface area contributed by atoms with E-state index in [4.69, 9.17) is 0 Å². The molecule has 0 aliphatic rings. The van der Waals surface area contributed by atoms with Crippen molar-refractivity contribution in [3.63, 3.8) is 0 Å². The number of anilines is 3. The number of rotatable bonds is 3. The SMILES string of the molecule is CNc1nccc(Nc2cc(C(F)(F)F)ccc2Br)n1. The molecule has 4 nitrogen and oxygen atoms in total. The lowest BCUT2D eigenvalue weighted by molar-refractivity contribution is -0.137. The molecule has 0 radical (unpaired) electrons. The zero-order chi connectivity index (χ0) is 14.8. The van der Waals surface area contributed by atoms with Gasteiger partial charge in [0.15, 0.2) is 0 Å². The second-order valence-electron chi connectivity index (χ2n) is 3.83. The first-order chi connectivity index (χ1) is 9.40. The van der Waals surface area contributed by atoms with Gasteiger partial charge in [-0.3, -0.25) is 0 Å². The summed E-state index contributed by atoms with van der Waals surface area (Å²) in [4.78, 5) is 8.01. The number of halogens is 4. The van der Waals surface area contributed by atoms with E-state index in [-0.39, 0.29) is 5.69 Å². The Hall–Kier alpha value is -1.83. The molecule has 1 aromatic heterocycles. The van der Waals surface area contributed by atoms with Crippen LogP contribution in [0.1, 0.15) is 5.56 Å². The maximum absolute atomic E-state index is 12.7. The fraction of sp³-hybridized carbons (Fsp3) is 0.167. The average molecular weight is 347 g/mol. The summed E-state index contributed by atoms with van der Waals surface area (Å²) >= 11 is 3.20. The van der Waals surface area contributed by atoms with E-state index in [2.05, 4.69) is 36.5 Å². The Morgan fingerprint density at radius 3 is 2.60 bits per heavy atom. The van der Waals surface area contributed by atoms with Gasteiger partial charge in [0, 0.05) is 17.7 Å². The molecule has 8 heteroatoms. The van der Waals surface area contributed by atoms with Crippen LogP contribution in [0.4, 0.5) is 30.6 Å². The highest BCUT2D eigenvalue weighted by molar-refractivity contribution is 9.10. The zero-order valence-electron chi connectivity index (χ0n) is 10.3. The number of aromatic nitrogens is 2. The minimum atomic E-state index is -4.39. The minimum Gasteiger partial charge on any atom is -0.357 e. The van der Waals surface area contributed by atoms with E-state index in [0.717, 1.165) is 12.1 Å². The lowest BCUT2D eigenvalue weighted by Gasteiger charge is -2.12. The summed E-state index contributed by atoms with van der Waals surface area (Å²) < 4.78 is 38.5. The third kappa shape index (κ3) is 3.38. The molecule has 0 unspecified atom stereocenters. The Morgan fingerprint density at radius 1 is 1.20 bits per heavy atom. The molecule has 0 saturated heterocycles. The maximum Gasteiger partial charge on any atom is 0.416 e. The predicted octanol–water partition coefficient (Wildman–Crippen LogP) is 4.04. The van der Waals surface area contributed by atoms with Crippen molar-refractivity contribution in [1.29, 1.82) is 0 Å². The van der Waals surface area contributed by atoms with E-state index in [1.165, 1.54) is 12.3 Å². The van der Waals surface area contributed by atoms with Crippen molar-refractivity contribution in [2.24, 2.45) is 0 Å². The van der Waals surface area contributed by atoms with Crippen molar-refractivity contribution in [3.8, 4) is 0 Å². The van der Waals surface area contributed by atoms with Crippen molar-refractivity contribution in [1.82, 2.24) is 9.97 Å². The average Bonchev–Trinajstić information content (AvgIpc) is 2.40. The van der Waals surface area contributed by atoms with Crippen molar-refractivity contribution < 1.29 is 13.2 Å². The van der Waals surface area contributed by atoms with Gasteiger partial charge in [0.05, 0.1) is 11.3 Å². The molecule has 0 bridgehead atoms. The van der Waals surface area contributed by atoms with E-state index in [1.807, 2.05) is 0 Å². The summed E-state index contributed by atoms with van der Waals surface area (Å²) in [5.41, 5.74) is -0.452. The van der Waals surface area contributed by atoms with E-state index in [0.29, 0.717) is 16.2 Å². The zero-order valence-corrected chi connectivity index (χ0v) is 11.9. The van der Waals surface area contributed by atoms with Crippen LogP contribution in [-0.2, 0) is 6.18 Å². The number of hydrogen-bond acceptors (Lipinski definition) is 4. The molecule has 2 aromatic rings. The quantitative estimate of drug-likeness (QED) is 0.880. The van der Waals surface area contributed by atoms with Crippen LogP contribution in [0.5, 0.6) is 0 Å². The highest BCUT2D eigenvalue weighted by atomic mass is 79.9. The summed E-state index contributed by atoms with van der Waals surface area (Å²) in [6, 6.07) is 4.93. The molecule has 1 aromatic carbocycles. The molecule has 20 heavy (non-hydrogen) atoms. The monoisotopic (exact) mass is 346 g/mol. The fourth-order valence-electron chi connectivity index (χ4n) is 1.48. The molecular weight excluding hydrogens is 337 g/mol. The van der Waals surface area contributed by atoms with Gasteiger partial charge in [0.25, 0.3) is 0 Å². The van der Waals surface area contributed by atoms with Crippen LogP contribution in [-0.4, -0.2) is 17.0 Å². The number of hydrogen-bond donors (Lipinski definition) is 2. The highest BCUT2D eigenvalue weighted by Crippen LogP contribution is 2.34. The van der Waals surface area contributed by atoms with Crippen molar-refractivity contribution in [3.05, 3.63) is 40.5 Å². The summed E-state index contributed by atoms with van der Waals surface area (Å²) in [6.07, 6.45) is -2.89. The molecular formula is C12H10BrF3N4. The second-order valence-corrected chi connectivity index (χ2v) is 4.69. The normalized spacial score (nSPS) is 11.2. The van der Waals surface area contributed by atoms with Gasteiger partial charge in [0.2, 0.25) is 5.95 Å². The number of nitrogens with zero attached hydrogens (tertiary/aromatic N) is 2. The van der Waals surface area contributed by atoms with Crippen LogP contribution in [0.25, 0.3) is 0 Å². The third-order valence-electron chi connectivity index (χ3n) is 2.44. The smallest absolute Gasteiger partial charge is 0.357 e. The van der Waals surface area contributed by atoms with Crippen LogP contribution in [0.2, 0.25) is 0 Å². The van der Waals surface area contributed by atoms with Gasteiger partial charge in [-0.2, -0.15) is 18.2 Å². The predicted molar refractivity (Wildman–Crippen MR) is 74.0 cm³/mol. The molecule has 0 aliphatic carbocycles. The number of alkyl halides is 3. The molecule has 0 aliphatic heterocycles. The van der Waals surface area contributed by atoms with Crippen molar-refractivity contribution in [2.45, 2.75) is 6.18 Å². The minimum absolute atomic E-state index is 0.278. The Balaban J connectivity index is 2.32. The molecule has 0 fully saturated rings. The number of nitrogens with one attached hydrogen (secondary N) is 2. The second kappa shape index (κ2) is 5.66. The van der Waals surface area contributed by atoms with Crippen molar-refractivity contribution >= 4 is 33.4 Å². The summed E-state index contributed by atoms with van der Waals surface area (Å²) in [5, 5.41) is 5.57. The van der Waals surface area contributed by atoms with Gasteiger partial charge in [0.1, 0.15) is 5.82 Å². The van der Waals surface area contributed by atoms with Gasteiger partial charge in [-0.1, -0.05) is 0 Å². The Kier molecular flexibility index (Phi) is 4.12. The summed E-state index contributed by atoms with van der Waals surface area (Å²) in [6.45, 7) is 0. The molecule has 2 rings (SSSR count). The molecule has 106 valence electrons. The Morgan fingerprint density at radius 2 is 1.95 bits per heavy atom. The standard InChI is InChI=1S/C12H10BrF3N4/c1-17-11-18-5-4-10(20-11)19-9-6-7(12(14,15)16)2-3-8(9)13/h2-6H,1H3,(H2,17,18,19,20). The van der Waals surface area contributed by atoms with Gasteiger partial charge in [-0.25, -0.2) is 4.98 Å².